The normalized spacial score (nSPS) is 10.8. The first-order chi connectivity index (χ1) is 16.0. The van der Waals surface area contributed by atoms with Crippen LogP contribution >= 0.6 is 34.7 Å². The minimum absolute atomic E-state index is 0.104. The van der Waals surface area contributed by atoms with E-state index in [1.165, 1.54) is 4.57 Å². The van der Waals surface area contributed by atoms with Gasteiger partial charge in [-0.25, -0.2) is 9.78 Å². The van der Waals surface area contributed by atoms with Crippen LogP contribution in [0.3, 0.4) is 0 Å². The smallest absolute Gasteiger partial charge is 0.321 e. The molecule has 3 amide bonds. The van der Waals surface area contributed by atoms with Crippen molar-refractivity contribution in [2.45, 2.75) is 11.6 Å². The first-order valence-corrected chi connectivity index (χ1v) is 12.3. The average Bonchev–Trinajstić information content (AvgIpc) is 3.32. The molecule has 0 bridgehead atoms. The molecule has 0 fully saturated rings. The quantitative estimate of drug-likeness (QED) is 0.293. The first-order valence-electron chi connectivity index (χ1n) is 10.0. The van der Waals surface area contributed by atoms with E-state index >= 15 is 0 Å². The topological polar surface area (TPSA) is 93.1 Å². The number of fused-ring (bicyclic) bond motifs is 1. The zero-order valence-corrected chi connectivity index (χ0v) is 19.7. The minimum Gasteiger partial charge on any atom is -0.337 e. The third-order valence-electron chi connectivity index (χ3n) is 4.66. The standard InChI is InChI=1S/C23H19ClN4O3S2/c24-17-8-2-4-10-19(17)28-21(30)16-7-1-3-9-18(16)26-23(28)33-14-20(29)27-22(31)25-12-11-15-6-5-13-32-15/h1-10,13H,11-12,14H2,(H2,25,27,29,31). The second-order valence-corrected chi connectivity index (χ2v) is 9.31. The summed E-state index contributed by atoms with van der Waals surface area (Å²) in [6.45, 7) is 0.422. The van der Waals surface area contributed by atoms with Crippen molar-refractivity contribution < 1.29 is 9.59 Å². The van der Waals surface area contributed by atoms with Crippen LogP contribution in [0.25, 0.3) is 16.6 Å². The molecule has 168 valence electrons. The maximum atomic E-state index is 13.2. The van der Waals surface area contributed by atoms with Crippen molar-refractivity contribution in [2.75, 3.05) is 12.3 Å². The number of carbonyl (C=O) groups is 2. The number of hydrogen-bond acceptors (Lipinski definition) is 6. The molecule has 0 aliphatic carbocycles. The molecule has 33 heavy (non-hydrogen) atoms. The highest BCUT2D eigenvalue weighted by molar-refractivity contribution is 7.99. The Kier molecular flexibility index (Phi) is 7.43. The summed E-state index contributed by atoms with van der Waals surface area (Å²) in [5.74, 6) is -0.602. The molecule has 7 nitrogen and oxygen atoms in total. The number of rotatable bonds is 7. The van der Waals surface area contributed by atoms with Gasteiger partial charge in [0, 0.05) is 11.4 Å². The number of thiophene rings is 1. The molecule has 4 aromatic rings. The number of urea groups is 1. The second kappa shape index (κ2) is 10.7. The number of para-hydroxylation sites is 2. The lowest BCUT2D eigenvalue weighted by molar-refractivity contribution is -0.117. The van der Waals surface area contributed by atoms with Gasteiger partial charge in [-0.3, -0.25) is 19.5 Å². The van der Waals surface area contributed by atoms with Gasteiger partial charge in [-0.2, -0.15) is 0 Å². The van der Waals surface area contributed by atoms with E-state index < -0.39 is 11.9 Å². The number of hydrogen-bond donors (Lipinski definition) is 2. The van der Waals surface area contributed by atoms with Gasteiger partial charge in [0.1, 0.15) is 0 Å². The molecule has 2 heterocycles. The predicted molar refractivity (Wildman–Crippen MR) is 133 cm³/mol. The van der Waals surface area contributed by atoms with Crippen molar-refractivity contribution in [2.24, 2.45) is 0 Å². The van der Waals surface area contributed by atoms with Gasteiger partial charge in [0.15, 0.2) is 5.16 Å². The van der Waals surface area contributed by atoms with Crippen molar-refractivity contribution in [1.82, 2.24) is 20.2 Å². The highest BCUT2D eigenvalue weighted by atomic mass is 35.5. The minimum atomic E-state index is -0.563. The van der Waals surface area contributed by atoms with Gasteiger partial charge < -0.3 is 5.32 Å². The Morgan fingerprint density at radius 2 is 1.85 bits per heavy atom. The molecule has 0 saturated carbocycles. The highest BCUT2D eigenvalue weighted by Gasteiger charge is 2.17. The van der Waals surface area contributed by atoms with Crippen LogP contribution in [0.1, 0.15) is 4.88 Å². The maximum Gasteiger partial charge on any atom is 0.321 e. The maximum absolute atomic E-state index is 13.2. The van der Waals surface area contributed by atoms with E-state index in [0.717, 1.165) is 16.6 Å². The first kappa shape index (κ1) is 23.0. The number of nitrogens with zero attached hydrogens (tertiary/aromatic N) is 2. The molecule has 0 aliphatic rings. The van der Waals surface area contributed by atoms with Crippen molar-refractivity contribution in [3.05, 3.63) is 86.3 Å². The summed E-state index contributed by atoms with van der Waals surface area (Å²) in [4.78, 5) is 43.3. The lowest BCUT2D eigenvalue weighted by atomic mass is 10.2. The molecular weight excluding hydrogens is 480 g/mol. The third kappa shape index (κ3) is 5.62. The van der Waals surface area contributed by atoms with Gasteiger partial charge in [-0.15, -0.1) is 11.3 Å². The lowest BCUT2D eigenvalue weighted by Crippen LogP contribution is -2.41. The SMILES string of the molecule is O=C(CSc1nc2ccccc2c(=O)n1-c1ccccc1Cl)NC(=O)NCCc1cccs1. The molecule has 0 aliphatic heterocycles. The van der Waals surface area contributed by atoms with E-state index in [1.807, 2.05) is 17.5 Å². The fourth-order valence-electron chi connectivity index (χ4n) is 3.15. The molecule has 10 heteroatoms. The molecule has 4 rings (SSSR count). The number of carbonyl (C=O) groups excluding carboxylic acids is 2. The van der Waals surface area contributed by atoms with E-state index in [9.17, 15) is 14.4 Å². The number of halogens is 1. The molecule has 0 saturated heterocycles. The van der Waals surface area contributed by atoms with E-state index in [4.69, 9.17) is 11.6 Å². The van der Waals surface area contributed by atoms with Crippen LogP contribution in [0.4, 0.5) is 4.79 Å². The van der Waals surface area contributed by atoms with Crippen LogP contribution in [-0.2, 0) is 11.2 Å². The number of amides is 3. The van der Waals surface area contributed by atoms with E-state index in [-0.39, 0.29) is 11.3 Å². The van der Waals surface area contributed by atoms with Gasteiger partial charge in [-0.05, 0) is 42.1 Å². The molecule has 2 N–H and O–H groups in total. The Labute approximate surface area is 202 Å². The van der Waals surface area contributed by atoms with Gasteiger partial charge in [0.2, 0.25) is 5.91 Å². The largest absolute Gasteiger partial charge is 0.337 e. The zero-order chi connectivity index (χ0) is 23.2. The van der Waals surface area contributed by atoms with Crippen LogP contribution in [0.15, 0.2) is 76.0 Å². The Hall–Kier alpha value is -3.14. The molecule has 0 unspecified atom stereocenters. The van der Waals surface area contributed by atoms with E-state index in [0.29, 0.717) is 39.7 Å². The lowest BCUT2D eigenvalue weighted by Gasteiger charge is -2.14. The monoisotopic (exact) mass is 498 g/mol. The summed E-state index contributed by atoms with van der Waals surface area (Å²) in [6.07, 6.45) is 0.694. The van der Waals surface area contributed by atoms with Gasteiger partial charge >= 0.3 is 6.03 Å². The Morgan fingerprint density at radius 1 is 1.06 bits per heavy atom. The van der Waals surface area contributed by atoms with Crippen molar-refractivity contribution >= 4 is 57.5 Å². The Balaban J connectivity index is 1.48. The summed E-state index contributed by atoms with van der Waals surface area (Å²) >= 11 is 9.01. The Bertz CT molecular complexity index is 1360. The number of nitrogens with one attached hydrogen (secondary N) is 2. The van der Waals surface area contributed by atoms with Gasteiger partial charge in [0.05, 0.1) is 27.4 Å². The summed E-state index contributed by atoms with van der Waals surface area (Å²) < 4.78 is 1.39. The molecule has 0 atom stereocenters. The highest BCUT2D eigenvalue weighted by Crippen LogP contribution is 2.25. The van der Waals surface area contributed by atoms with Gasteiger partial charge in [0.25, 0.3) is 5.56 Å². The molecule has 0 spiro atoms. The van der Waals surface area contributed by atoms with Crippen molar-refractivity contribution in [1.29, 1.82) is 0 Å². The number of imide groups is 1. The summed E-state index contributed by atoms with van der Waals surface area (Å²) in [5, 5.41) is 8.07. The van der Waals surface area contributed by atoms with E-state index in [2.05, 4.69) is 15.6 Å². The van der Waals surface area contributed by atoms with Gasteiger partial charge in [-0.1, -0.05) is 53.7 Å². The van der Waals surface area contributed by atoms with Crippen LogP contribution < -0.4 is 16.2 Å². The predicted octanol–water partition coefficient (Wildman–Crippen LogP) is 4.26. The van der Waals surface area contributed by atoms with Crippen molar-refractivity contribution in [3.8, 4) is 5.69 Å². The van der Waals surface area contributed by atoms with Crippen molar-refractivity contribution in [3.63, 3.8) is 0 Å². The Morgan fingerprint density at radius 3 is 2.64 bits per heavy atom. The summed E-state index contributed by atoms with van der Waals surface area (Å²) in [7, 11) is 0. The second-order valence-electron chi connectivity index (χ2n) is 6.93. The zero-order valence-electron chi connectivity index (χ0n) is 17.3. The fourth-order valence-corrected chi connectivity index (χ4v) is 4.88. The van der Waals surface area contributed by atoms with E-state index in [1.54, 1.807) is 59.9 Å². The fraction of sp³-hybridized carbons (Fsp3) is 0.130. The van der Waals surface area contributed by atoms with Crippen LogP contribution in [0.5, 0.6) is 0 Å². The number of thioether (sulfide) groups is 1. The number of aromatic nitrogens is 2. The molecule has 0 radical (unpaired) electrons. The third-order valence-corrected chi connectivity index (χ3v) is 6.86. The molecular formula is C23H19ClN4O3S2. The average molecular weight is 499 g/mol. The van der Waals surface area contributed by atoms with Crippen LogP contribution in [0, 0.1) is 0 Å². The number of benzene rings is 2. The van der Waals surface area contributed by atoms with Crippen LogP contribution in [0.2, 0.25) is 5.02 Å². The molecule has 2 aromatic heterocycles. The summed E-state index contributed by atoms with van der Waals surface area (Å²) in [6, 6.07) is 17.3. The van der Waals surface area contributed by atoms with Crippen LogP contribution in [-0.4, -0.2) is 33.8 Å². The molecule has 2 aromatic carbocycles. The summed E-state index contributed by atoms with van der Waals surface area (Å²) in [5.41, 5.74) is 0.694.